The van der Waals surface area contributed by atoms with Gasteiger partial charge in [-0.2, -0.15) is 0 Å². The van der Waals surface area contributed by atoms with Gasteiger partial charge < -0.3 is 19.5 Å². The van der Waals surface area contributed by atoms with E-state index in [-0.39, 0.29) is 10.9 Å². The molecule has 0 fully saturated rings. The van der Waals surface area contributed by atoms with E-state index in [0.29, 0.717) is 6.61 Å². The summed E-state index contributed by atoms with van der Waals surface area (Å²) >= 11 is 3.60. The molecule has 0 saturated carbocycles. The van der Waals surface area contributed by atoms with E-state index in [1.807, 2.05) is 24.3 Å². The monoisotopic (exact) mass is 389 g/mol. The fourth-order valence-electron chi connectivity index (χ4n) is 1.85. The Balaban J connectivity index is 2.52. The van der Waals surface area contributed by atoms with Gasteiger partial charge >= 0.3 is 12.1 Å². The fourth-order valence-corrected chi connectivity index (χ4v) is 2.35. The van der Waals surface area contributed by atoms with Gasteiger partial charge in [0.15, 0.2) is 6.04 Å². The summed E-state index contributed by atoms with van der Waals surface area (Å²) in [5.41, 5.74) is -0.648. The van der Waals surface area contributed by atoms with E-state index in [0.717, 1.165) is 6.42 Å². The van der Waals surface area contributed by atoms with Crippen LogP contribution in [0.4, 0.5) is 4.79 Å². The second-order valence-corrected chi connectivity index (χ2v) is 7.84. The quantitative estimate of drug-likeness (QED) is 0.558. The zero-order valence-electron chi connectivity index (χ0n) is 13.9. The third kappa shape index (κ3) is 7.65. The van der Waals surface area contributed by atoms with E-state index >= 15 is 0 Å². The number of nitrogens with one attached hydrogen (secondary N) is 1. The van der Waals surface area contributed by atoms with Crippen molar-refractivity contribution in [2.75, 3.05) is 20.3 Å². The summed E-state index contributed by atoms with van der Waals surface area (Å²) in [4.78, 5) is 23.6. The van der Waals surface area contributed by atoms with Gasteiger partial charge in [0.05, 0.1) is 24.6 Å². The van der Waals surface area contributed by atoms with Crippen LogP contribution in [0, 0.1) is 0 Å². The van der Waals surface area contributed by atoms with Gasteiger partial charge in [-0.05, 0) is 27.2 Å². The average molecular weight is 390 g/mol. The number of carbonyl (C=O) groups excluding carboxylic acids is 2. The van der Waals surface area contributed by atoms with Crippen LogP contribution in [0.3, 0.4) is 0 Å². The Bertz CT molecular complexity index is 483. The number of carbonyl (C=O) groups is 2. The molecule has 1 rings (SSSR count). The summed E-state index contributed by atoms with van der Waals surface area (Å²) in [5.74, 6) is -0.585. The summed E-state index contributed by atoms with van der Waals surface area (Å²) in [6.45, 7) is 5.59. The Morgan fingerprint density at radius 2 is 2.04 bits per heavy atom. The van der Waals surface area contributed by atoms with Crippen molar-refractivity contribution in [3.63, 3.8) is 0 Å². The fraction of sp³-hybridized carbons (Fsp3) is 0.625. The number of rotatable bonds is 6. The van der Waals surface area contributed by atoms with E-state index in [1.165, 1.54) is 7.11 Å². The van der Waals surface area contributed by atoms with Crippen LogP contribution >= 0.6 is 15.9 Å². The van der Waals surface area contributed by atoms with Gasteiger partial charge in [-0.15, -0.1) is 0 Å². The number of esters is 1. The highest BCUT2D eigenvalue weighted by molar-refractivity contribution is 9.10. The Kier molecular flexibility index (Phi) is 7.28. The highest BCUT2D eigenvalue weighted by atomic mass is 79.9. The predicted molar refractivity (Wildman–Crippen MR) is 90.5 cm³/mol. The maximum Gasteiger partial charge on any atom is 0.408 e. The summed E-state index contributed by atoms with van der Waals surface area (Å²) in [6.07, 6.45) is 7.99. The predicted octanol–water partition coefficient (Wildman–Crippen LogP) is 2.72. The Morgan fingerprint density at radius 3 is 2.57 bits per heavy atom. The molecule has 0 aliphatic heterocycles. The SMILES string of the molecule is COC(=O)C(COCC1(Br)C=CC=CC1)NC(=O)OC(C)(C)C. The van der Waals surface area contributed by atoms with Gasteiger partial charge in [-0.1, -0.05) is 40.2 Å². The molecule has 0 aromatic rings. The molecule has 0 radical (unpaired) electrons. The number of hydrogen-bond donors (Lipinski definition) is 1. The standard InChI is InChI=1S/C16H24BrNO5/c1-15(2,3)23-14(20)18-12(13(19)21-4)10-22-11-16(17)8-6-5-7-9-16/h5-8,12H,9-11H2,1-4H3,(H,18,20). The van der Waals surface area contributed by atoms with Gasteiger partial charge in [0.1, 0.15) is 5.60 Å². The normalized spacial score (nSPS) is 21.6. The number of alkyl halides is 1. The van der Waals surface area contributed by atoms with Crippen LogP contribution in [-0.4, -0.2) is 48.4 Å². The highest BCUT2D eigenvalue weighted by Gasteiger charge is 2.28. The molecule has 0 aromatic carbocycles. The molecule has 130 valence electrons. The number of alkyl carbamates (subject to hydrolysis) is 1. The van der Waals surface area contributed by atoms with Gasteiger partial charge in [0, 0.05) is 0 Å². The minimum absolute atomic E-state index is 0.00315. The Labute approximate surface area is 145 Å². The van der Waals surface area contributed by atoms with E-state index < -0.39 is 23.7 Å². The highest BCUT2D eigenvalue weighted by Crippen LogP contribution is 2.28. The lowest BCUT2D eigenvalue weighted by Crippen LogP contribution is -2.47. The summed E-state index contributed by atoms with van der Waals surface area (Å²) in [6, 6.07) is -0.922. The van der Waals surface area contributed by atoms with Crippen LogP contribution in [0.15, 0.2) is 24.3 Å². The van der Waals surface area contributed by atoms with Crippen molar-refractivity contribution in [3.8, 4) is 0 Å². The van der Waals surface area contributed by atoms with Crippen LogP contribution in [0.5, 0.6) is 0 Å². The summed E-state index contributed by atoms with van der Waals surface area (Å²) in [7, 11) is 1.26. The minimum atomic E-state index is -0.922. The largest absolute Gasteiger partial charge is 0.467 e. The van der Waals surface area contributed by atoms with Gasteiger partial charge in [0.2, 0.25) is 0 Å². The minimum Gasteiger partial charge on any atom is -0.467 e. The second kappa shape index (κ2) is 8.49. The van der Waals surface area contributed by atoms with Crippen molar-refractivity contribution in [1.29, 1.82) is 0 Å². The molecule has 0 spiro atoms. The first-order chi connectivity index (χ1) is 10.7. The molecule has 1 aliphatic carbocycles. The van der Waals surface area contributed by atoms with Crippen LogP contribution < -0.4 is 5.32 Å². The number of halogens is 1. The van der Waals surface area contributed by atoms with Crippen molar-refractivity contribution in [3.05, 3.63) is 24.3 Å². The molecule has 0 saturated heterocycles. The molecular weight excluding hydrogens is 366 g/mol. The number of allylic oxidation sites excluding steroid dienone is 3. The first kappa shape index (κ1) is 19.7. The lowest BCUT2D eigenvalue weighted by Gasteiger charge is -2.26. The van der Waals surface area contributed by atoms with E-state index in [2.05, 4.69) is 26.0 Å². The van der Waals surface area contributed by atoms with Crippen LogP contribution in [0.2, 0.25) is 0 Å². The molecular formula is C16H24BrNO5. The topological polar surface area (TPSA) is 73.9 Å². The first-order valence-electron chi connectivity index (χ1n) is 7.33. The number of ether oxygens (including phenoxy) is 3. The smallest absolute Gasteiger partial charge is 0.408 e. The summed E-state index contributed by atoms with van der Waals surface area (Å²) < 4.78 is 15.1. The molecule has 7 heteroatoms. The van der Waals surface area contributed by atoms with Crippen LogP contribution in [-0.2, 0) is 19.0 Å². The summed E-state index contributed by atoms with van der Waals surface area (Å²) in [5, 5.41) is 2.47. The Hall–Kier alpha value is -1.34. The van der Waals surface area contributed by atoms with Crippen molar-refractivity contribution < 1.29 is 23.8 Å². The van der Waals surface area contributed by atoms with E-state index in [4.69, 9.17) is 9.47 Å². The van der Waals surface area contributed by atoms with Crippen molar-refractivity contribution in [1.82, 2.24) is 5.32 Å². The maximum absolute atomic E-state index is 11.8. The van der Waals surface area contributed by atoms with Crippen molar-refractivity contribution in [2.45, 2.75) is 43.2 Å². The van der Waals surface area contributed by atoms with E-state index in [1.54, 1.807) is 20.8 Å². The van der Waals surface area contributed by atoms with Crippen LogP contribution in [0.25, 0.3) is 0 Å². The molecule has 0 heterocycles. The van der Waals surface area contributed by atoms with E-state index in [9.17, 15) is 9.59 Å². The number of hydrogen-bond acceptors (Lipinski definition) is 5. The molecule has 23 heavy (non-hydrogen) atoms. The average Bonchev–Trinajstić information content (AvgIpc) is 2.44. The lowest BCUT2D eigenvalue weighted by molar-refractivity contribution is -0.144. The molecule has 2 atom stereocenters. The van der Waals surface area contributed by atoms with Gasteiger partial charge in [0.25, 0.3) is 0 Å². The lowest BCUT2D eigenvalue weighted by atomic mass is 10.0. The second-order valence-electron chi connectivity index (χ2n) is 6.26. The molecule has 0 aromatic heterocycles. The van der Waals surface area contributed by atoms with Gasteiger partial charge in [-0.25, -0.2) is 9.59 Å². The molecule has 6 nitrogen and oxygen atoms in total. The van der Waals surface area contributed by atoms with Crippen molar-refractivity contribution in [2.24, 2.45) is 0 Å². The number of amides is 1. The zero-order chi connectivity index (χ0) is 17.5. The Morgan fingerprint density at radius 1 is 1.35 bits per heavy atom. The third-order valence-electron chi connectivity index (χ3n) is 2.90. The third-order valence-corrected chi connectivity index (χ3v) is 3.72. The first-order valence-corrected chi connectivity index (χ1v) is 8.13. The molecule has 1 N–H and O–H groups in total. The van der Waals surface area contributed by atoms with Crippen LogP contribution in [0.1, 0.15) is 27.2 Å². The molecule has 1 amide bonds. The molecule has 2 unspecified atom stereocenters. The van der Waals surface area contributed by atoms with Gasteiger partial charge in [-0.3, -0.25) is 0 Å². The van der Waals surface area contributed by atoms with Crippen molar-refractivity contribution >= 4 is 28.0 Å². The number of methoxy groups -OCH3 is 1. The zero-order valence-corrected chi connectivity index (χ0v) is 15.5. The molecule has 0 bridgehead atoms. The molecule has 1 aliphatic rings. The maximum atomic E-state index is 11.8.